The van der Waals surface area contributed by atoms with Gasteiger partial charge in [0.15, 0.2) is 6.23 Å². The van der Waals surface area contributed by atoms with Crippen LogP contribution in [0.4, 0.5) is 0 Å². The molecule has 1 aliphatic heterocycles. The van der Waals surface area contributed by atoms with Crippen LogP contribution in [-0.2, 0) is 0 Å². The van der Waals surface area contributed by atoms with Crippen molar-refractivity contribution in [1.29, 1.82) is 0 Å². The molecule has 0 bridgehead atoms. The molecule has 0 radical (unpaired) electrons. The van der Waals surface area contributed by atoms with Crippen LogP contribution in [0.3, 0.4) is 0 Å². The van der Waals surface area contributed by atoms with Crippen LogP contribution in [0.5, 0.6) is 11.5 Å². The zero-order valence-electron chi connectivity index (χ0n) is 8.84. The minimum atomic E-state index is -1.17. The van der Waals surface area contributed by atoms with Gasteiger partial charge in [0.2, 0.25) is 0 Å². The van der Waals surface area contributed by atoms with E-state index in [1.54, 1.807) is 0 Å². The molecule has 0 fully saturated rings. The lowest BCUT2D eigenvalue weighted by molar-refractivity contribution is 0.0169. The van der Waals surface area contributed by atoms with Gasteiger partial charge in [-0.2, -0.15) is 0 Å². The first-order chi connectivity index (χ1) is 7.57. The van der Waals surface area contributed by atoms with Crippen molar-refractivity contribution in [2.45, 2.75) is 19.6 Å². The van der Waals surface area contributed by atoms with Gasteiger partial charge in [-0.25, -0.2) is 0 Å². The maximum absolute atomic E-state index is 11.9. The minimum absolute atomic E-state index is 0.000880. The molecule has 0 aromatic heterocycles. The highest BCUT2D eigenvalue weighted by atomic mass is 16.3. The molecule has 1 unspecified atom stereocenters. The molecule has 1 amide bonds. The molecule has 1 atom stereocenters. The third kappa shape index (κ3) is 1.32. The molecule has 0 spiro atoms. The summed E-state index contributed by atoms with van der Waals surface area (Å²) in [6.45, 7) is 2.26. The lowest BCUT2D eigenvalue weighted by Crippen LogP contribution is -2.28. The quantitative estimate of drug-likeness (QED) is 0.652. The fourth-order valence-corrected chi connectivity index (χ4v) is 1.96. The molecule has 16 heavy (non-hydrogen) atoms. The molecule has 5 nitrogen and oxygen atoms in total. The summed E-state index contributed by atoms with van der Waals surface area (Å²) in [5.74, 6) is -0.833. The highest BCUT2D eigenvalue weighted by Gasteiger charge is 2.39. The van der Waals surface area contributed by atoms with Crippen molar-refractivity contribution >= 4 is 5.91 Å². The first-order valence-electron chi connectivity index (χ1n) is 5.11. The molecule has 1 heterocycles. The lowest BCUT2D eigenvalue weighted by atomic mass is 10.1. The fourth-order valence-electron chi connectivity index (χ4n) is 1.96. The third-order valence-corrected chi connectivity index (χ3v) is 2.69. The smallest absolute Gasteiger partial charge is 0.260 e. The van der Waals surface area contributed by atoms with Gasteiger partial charge < -0.3 is 20.2 Å². The number of aliphatic hydroxyl groups excluding tert-OH is 1. The van der Waals surface area contributed by atoms with Crippen LogP contribution < -0.4 is 0 Å². The Labute approximate surface area is 92.6 Å². The number of aromatic hydroxyl groups is 2. The Morgan fingerprint density at radius 1 is 1.31 bits per heavy atom. The van der Waals surface area contributed by atoms with Crippen LogP contribution in [0.1, 0.15) is 35.5 Å². The molecule has 1 aromatic rings. The number of hydrogen-bond acceptors (Lipinski definition) is 4. The van der Waals surface area contributed by atoms with E-state index in [-0.39, 0.29) is 22.6 Å². The van der Waals surface area contributed by atoms with Gasteiger partial charge in [0.05, 0.1) is 11.1 Å². The molecular formula is C11H13NO4. The summed E-state index contributed by atoms with van der Waals surface area (Å²) in [5, 5.41) is 29.0. The zero-order chi connectivity index (χ0) is 11.9. The Morgan fingerprint density at radius 2 is 1.94 bits per heavy atom. The zero-order valence-corrected chi connectivity index (χ0v) is 8.84. The Morgan fingerprint density at radius 3 is 2.50 bits per heavy atom. The SMILES string of the molecule is CCCN1C(=O)c2c(O)ccc(O)c2C1O. The molecule has 1 aromatic carbocycles. The number of carbonyl (C=O) groups is 1. The van der Waals surface area contributed by atoms with Crippen LogP contribution >= 0.6 is 0 Å². The Balaban J connectivity index is 2.54. The first-order valence-corrected chi connectivity index (χ1v) is 5.11. The van der Waals surface area contributed by atoms with Gasteiger partial charge in [-0.15, -0.1) is 0 Å². The van der Waals surface area contributed by atoms with E-state index >= 15 is 0 Å². The number of phenolic OH excluding ortho intramolecular Hbond substituents is 2. The van der Waals surface area contributed by atoms with E-state index in [9.17, 15) is 20.1 Å². The van der Waals surface area contributed by atoms with E-state index in [0.717, 1.165) is 0 Å². The standard InChI is InChI=1S/C11H13NO4/c1-2-5-12-10(15)8-6(13)3-4-7(14)9(8)11(12)16/h3-4,10,13-15H,2,5H2,1H3. The number of benzene rings is 1. The summed E-state index contributed by atoms with van der Waals surface area (Å²) in [6, 6.07) is 2.51. The first kappa shape index (κ1) is 10.8. The average Bonchev–Trinajstić information content (AvgIpc) is 2.50. The van der Waals surface area contributed by atoms with Gasteiger partial charge in [0.1, 0.15) is 11.5 Å². The predicted octanol–water partition coefficient (Wildman–Crippen LogP) is 0.954. The second kappa shape index (κ2) is 3.68. The van der Waals surface area contributed by atoms with Gasteiger partial charge in [0, 0.05) is 6.54 Å². The van der Waals surface area contributed by atoms with E-state index < -0.39 is 12.1 Å². The van der Waals surface area contributed by atoms with Crippen LogP contribution in [0.25, 0.3) is 0 Å². The highest BCUT2D eigenvalue weighted by molar-refractivity contribution is 6.02. The molecule has 3 N–H and O–H groups in total. The van der Waals surface area contributed by atoms with Gasteiger partial charge in [-0.1, -0.05) is 6.92 Å². The number of rotatable bonds is 2. The second-order valence-corrected chi connectivity index (χ2v) is 3.76. The van der Waals surface area contributed by atoms with Crippen molar-refractivity contribution in [1.82, 2.24) is 4.90 Å². The normalized spacial score (nSPS) is 19.0. The van der Waals surface area contributed by atoms with Crippen LogP contribution in [0.2, 0.25) is 0 Å². The van der Waals surface area contributed by atoms with E-state index in [0.29, 0.717) is 13.0 Å². The number of amides is 1. The van der Waals surface area contributed by atoms with Crippen LogP contribution in [-0.4, -0.2) is 32.7 Å². The molecule has 0 saturated heterocycles. The summed E-state index contributed by atoms with van der Waals surface area (Å²) in [5.41, 5.74) is 0.0967. The number of aliphatic hydroxyl groups is 1. The molecule has 0 saturated carbocycles. The number of carbonyl (C=O) groups excluding carboxylic acids is 1. The molecular weight excluding hydrogens is 210 g/mol. The Hall–Kier alpha value is -1.75. The maximum Gasteiger partial charge on any atom is 0.260 e. The topological polar surface area (TPSA) is 81.0 Å². The largest absolute Gasteiger partial charge is 0.507 e. The van der Waals surface area contributed by atoms with Gasteiger partial charge in [-0.05, 0) is 18.6 Å². The minimum Gasteiger partial charge on any atom is -0.507 e. The number of fused-ring (bicyclic) bond motifs is 1. The third-order valence-electron chi connectivity index (χ3n) is 2.69. The van der Waals surface area contributed by atoms with E-state index in [1.807, 2.05) is 6.92 Å². The molecule has 86 valence electrons. The molecule has 0 aliphatic carbocycles. The van der Waals surface area contributed by atoms with E-state index in [1.165, 1.54) is 17.0 Å². The molecule has 1 aliphatic rings. The van der Waals surface area contributed by atoms with Crippen molar-refractivity contribution in [2.75, 3.05) is 6.54 Å². The van der Waals surface area contributed by atoms with Gasteiger partial charge in [-0.3, -0.25) is 4.79 Å². The van der Waals surface area contributed by atoms with E-state index in [4.69, 9.17) is 0 Å². The molecule has 2 rings (SSSR count). The molecule has 5 heteroatoms. The highest BCUT2D eigenvalue weighted by Crippen LogP contribution is 2.41. The van der Waals surface area contributed by atoms with Crippen molar-refractivity contribution in [3.05, 3.63) is 23.3 Å². The van der Waals surface area contributed by atoms with Crippen molar-refractivity contribution < 1.29 is 20.1 Å². The second-order valence-electron chi connectivity index (χ2n) is 3.76. The Bertz CT molecular complexity index is 444. The number of nitrogens with zero attached hydrogens (tertiary/aromatic N) is 1. The number of phenols is 2. The van der Waals surface area contributed by atoms with Crippen LogP contribution in [0.15, 0.2) is 12.1 Å². The average molecular weight is 223 g/mol. The van der Waals surface area contributed by atoms with Crippen molar-refractivity contribution in [3.63, 3.8) is 0 Å². The predicted molar refractivity (Wildman–Crippen MR) is 56.1 cm³/mol. The summed E-state index contributed by atoms with van der Waals surface area (Å²) in [6.07, 6.45) is -0.479. The lowest BCUT2D eigenvalue weighted by Gasteiger charge is -2.19. The van der Waals surface area contributed by atoms with Gasteiger partial charge in [0.25, 0.3) is 5.91 Å². The summed E-state index contributed by atoms with van der Waals surface area (Å²) in [4.78, 5) is 13.1. The number of hydrogen-bond donors (Lipinski definition) is 3. The monoisotopic (exact) mass is 223 g/mol. The van der Waals surface area contributed by atoms with E-state index in [2.05, 4.69) is 0 Å². The Kier molecular flexibility index (Phi) is 2.47. The van der Waals surface area contributed by atoms with Crippen molar-refractivity contribution in [2.24, 2.45) is 0 Å². The van der Waals surface area contributed by atoms with Crippen molar-refractivity contribution in [3.8, 4) is 11.5 Å². The fraction of sp³-hybridized carbons (Fsp3) is 0.364. The summed E-state index contributed by atoms with van der Waals surface area (Å²) < 4.78 is 0. The maximum atomic E-state index is 11.9. The van der Waals surface area contributed by atoms with Crippen LogP contribution in [0, 0.1) is 0 Å². The van der Waals surface area contributed by atoms with Gasteiger partial charge >= 0.3 is 0 Å². The summed E-state index contributed by atoms with van der Waals surface area (Å²) >= 11 is 0. The summed E-state index contributed by atoms with van der Waals surface area (Å²) in [7, 11) is 0.